The molecule has 5 nitrogen and oxygen atoms in total. The minimum absolute atomic E-state index is 0.172. The molecule has 0 aromatic heterocycles. The zero-order valence-corrected chi connectivity index (χ0v) is 7.71. The topological polar surface area (TPSA) is 102 Å². The van der Waals surface area contributed by atoms with Gasteiger partial charge in [0, 0.05) is 0 Å². The molecule has 0 unspecified atom stereocenters. The Morgan fingerprint density at radius 2 is 2.13 bits per heavy atom. The van der Waals surface area contributed by atoms with Gasteiger partial charge in [0.2, 0.25) is 0 Å². The largest absolute Gasteiger partial charge is 0.488 e. The van der Waals surface area contributed by atoms with Crippen molar-refractivity contribution in [2.45, 2.75) is 6.42 Å². The second-order valence-electron chi connectivity index (χ2n) is 2.97. The molecule has 0 aliphatic rings. The van der Waals surface area contributed by atoms with Crippen LogP contribution in [0.2, 0.25) is 0 Å². The number of hydrogen-bond acceptors (Lipinski definition) is 4. The van der Waals surface area contributed by atoms with Gasteiger partial charge in [-0.3, -0.25) is 4.79 Å². The van der Waals surface area contributed by atoms with Crippen LogP contribution in [-0.2, 0) is 11.2 Å². The highest BCUT2D eigenvalue weighted by Gasteiger charge is 2.14. The molecule has 3 N–H and O–H groups in total. The first-order valence-electron chi connectivity index (χ1n) is 4.15. The van der Waals surface area contributed by atoms with Crippen LogP contribution in [0.15, 0.2) is 18.2 Å². The molecule has 6 heteroatoms. The third kappa shape index (κ3) is 2.81. The van der Waals surface area contributed by atoms with Crippen LogP contribution >= 0.6 is 0 Å². The fourth-order valence-corrected chi connectivity index (χ4v) is 1.19. The minimum Gasteiger partial charge on any atom is -0.481 e. The lowest BCUT2D eigenvalue weighted by Gasteiger charge is -2.04. The third-order valence-corrected chi connectivity index (χ3v) is 1.89. The predicted octanol–water partition coefficient (Wildman–Crippen LogP) is -1.13. The van der Waals surface area contributed by atoms with Gasteiger partial charge in [-0.2, -0.15) is 5.26 Å². The SMILES string of the molecule is N#Cc1ccc(B(O)O)cc1CC(=O)O. The smallest absolute Gasteiger partial charge is 0.481 e. The molecule has 0 saturated heterocycles. The molecule has 0 saturated carbocycles. The van der Waals surface area contributed by atoms with Crippen LogP contribution in [0.4, 0.5) is 0 Å². The Morgan fingerprint density at radius 1 is 1.47 bits per heavy atom. The Bertz CT molecular complexity index is 425. The molecule has 76 valence electrons. The first-order chi connectivity index (χ1) is 7.04. The number of carbonyl (C=O) groups is 1. The molecule has 0 heterocycles. The Hall–Kier alpha value is -1.84. The Balaban J connectivity index is 3.14. The van der Waals surface area contributed by atoms with Crippen molar-refractivity contribution in [1.29, 1.82) is 5.26 Å². The summed E-state index contributed by atoms with van der Waals surface area (Å²) in [5, 5.41) is 35.0. The Morgan fingerprint density at radius 3 is 2.60 bits per heavy atom. The van der Waals surface area contributed by atoms with Gasteiger partial charge in [-0.1, -0.05) is 12.1 Å². The van der Waals surface area contributed by atoms with E-state index in [9.17, 15) is 4.79 Å². The van der Waals surface area contributed by atoms with Crippen molar-refractivity contribution in [3.05, 3.63) is 29.3 Å². The lowest BCUT2D eigenvalue weighted by atomic mass is 9.78. The van der Waals surface area contributed by atoms with E-state index in [-0.39, 0.29) is 23.0 Å². The van der Waals surface area contributed by atoms with E-state index in [1.807, 2.05) is 6.07 Å². The normalized spacial score (nSPS) is 9.40. The Labute approximate surface area is 86.4 Å². The van der Waals surface area contributed by atoms with Crippen LogP contribution in [0.3, 0.4) is 0 Å². The number of nitriles is 1. The van der Waals surface area contributed by atoms with E-state index < -0.39 is 13.1 Å². The number of carboxylic acid groups (broad SMARTS) is 1. The molecule has 15 heavy (non-hydrogen) atoms. The van der Waals surface area contributed by atoms with Gasteiger partial charge in [0.15, 0.2) is 0 Å². The quantitative estimate of drug-likeness (QED) is 0.541. The molecular formula is C9H8BNO4. The standard InChI is InChI=1S/C9H8BNO4/c11-5-6-1-2-8(10(14)15)3-7(6)4-9(12)13/h1-3,14-15H,4H2,(H,12,13). The van der Waals surface area contributed by atoms with Crippen molar-refractivity contribution in [1.82, 2.24) is 0 Å². The Kier molecular flexibility index (Phi) is 3.44. The maximum atomic E-state index is 10.5. The van der Waals surface area contributed by atoms with Crippen LogP contribution in [0.5, 0.6) is 0 Å². The highest BCUT2D eigenvalue weighted by molar-refractivity contribution is 6.58. The summed E-state index contributed by atoms with van der Waals surface area (Å²) < 4.78 is 0. The zero-order chi connectivity index (χ0) is 11.4. The molecule has 0 aliphatic heterocycles. The summed E-state index contributed by atoms with van der Waals surface area (Å²) in [4.78, 5) is 10.5. The van der Waals surface area contributed by atoms with Gasteiger partial charge in [-0.25, -0.2) is 0 Å². The maximum Gasteiger partial charge on any atom is 0.488 e. The van der Waals surface area contributed by atoms with Gasteiger partial charge in [0.05, 0.1) is 18.1 Å². The number of benzene rings is 1. The van der Waals surface area contributed by atoms with Gasteiger partial charge in [0.25, 0.3) is 0 Å². The van der Waals surface area contributed by atoms with E-state index in [4.69, 9.17) is 20.4 Å². The van der Waals surface area contributed by atoms with E-state index >= 15 is 0 Å². The molecule has 0 radical (unpaired) electrons. The van der Waals surface area contributed by atoms with Crippen molar-refractivity contribution in [3.63, 3.8) is 0 Å². The minimum atomic E-state index is -1.66. The van der Waals surface area contributed by atoms with Crippen LogP contribution in [-0.4, -0.2) is 28.2 Å². The molecule has 1 aromatic rings. The summed E-state index contributed by atoms with van der Waals surface area (Å²) in [7, 11) is -1.66. The number of hydrogen-bond donors (Lipinski definition) is 3. The number of rotatable bonds is 3. The molecule has 0 spiro atoms. The van der Waals surface area contributed by atoms with E-state index in [1.54, 1.807) is 0 Å². The molecule has 0 atom stereocenters. The molecule has 1 aromatic carbocycles. The zero-order valence-electron chi connectivity index (χ0n) is 7.71. The average Bonchev–Trinajstić information content (AvgIpc) is 2.16. The summed E-state index contributed by atoms with van der Waals surface area (Å²) >= 11 is 0. The molecule has 0 amide bonds. The molecule has 0 bridgehead atoms. The predicted molar refractivity (Wildman–Crippen MR) is 52.3 cm³/mol. The maximum absolute atomic E-state index is 10.5. The number of aliphatic carboxylic acids is 1. The van der Waals surface area contributed by atoms with E-state index in [0.717, 1.165) is 0 Å². The highest BCUT2D eigenvalue weighted by Crippen LogP contribution is 2.07. The van der Waals surface area contributed by atoms with Crippen molar-refractivity contribution in [2.24, 2.45) is 0 Å². The fourth-order valence-electron chi connectivity index (χ4n) is 1.19. The van der Waals surface area contributed by atoms with Crippen molar-refractivity contribution in [2.75, 3.05) is 0 Å². The first-order valence-corrected chi connectivity index (χ1v) is 4.15. The second-order valence-corrected chi connectivity index (χ2v) is 2.97. The average molecular weight is 205 g/mol. The van der Waals surface area contributed by atoms with Crippen molar-refractivity contribution >= 4 is 18.6 Å². The van der Waals surface area contributed by atoms with Crippen LogP contribution in [0, 0.1) is 11.3 Å². The summed E-state index contributed by atoms with van der Waals surface area (Å²) in [6, 6.07) is 5.88. The van der Waals surface area contributed by atoms with Gasteiger partial charge < -0.3 is 15.2 Å². The lowest BCUT2D eigenvalue weighted by Crippen LogP contribution is -2.30. The highest BCUT2D eigenvalue weighted by atomic mass is 16.4. The van der Waals surface area contributed by atoms with E-state index in [1.165, 1.54) is 18.2 Å². The van der Waals surface area contributed by atoms with E-state index in [2.05, 4.69) is 0 Å². The van der Waals surface area contributed by atoms with Crippen molar-refractivity contribution < 1.29 is 19.9 Å². The van der Waals surface area contributed by atoms with Gasteiger partial charge in [0.1, 0.15) is 0 Å². The van der Waals surface area contributed by atoms with Crippen LogP contribution in [0.1, 0.15) is 11.1 Å². The third-order valence-electron chi connectivity index (χ3n) is 1.89. The summed E-state index contributed by atoms with van der Waals surface area (Å²) in [6.45, 7) is 0. The van der Waals surface area contributed by atoms with Crippen molar-refractivity contribution in [3.8, 4) is 6.07 Å². The lowest BCUT2D eigenvalue weighted by molar-refractivity contribution is -0.136. The molecular weight excluding hydrogens is 197 g/mol. The summed E-state index contributed by atoms with van der Waals surface area (Å²) in [5.74, 6) is -1.07. The monoisotopic (exact) mass is 205 g/mol. The van der Waals surface area contributed by atoms with Gasteiger partial charge in [-0.15, -0.1) is 0 Å². The van der Waals surface area contributed by atoms with E-state index in [0.29, 0.717) is 0 Å². The molecule has 1 rings (SSSR count). The fraction of sp³-hybridized carbons (Fsp3) is 0.111. The van der Waals surface area contributed by atoms with Gasteiger partial charge >= 0.3 is 13.1 Å². The molecule has 0 fully saturated rings. The first kappa shape index (κ1) is 11.2. The summed E-state index contributed by atoms with van der Waals surface area (Å²) in [5.41, 5.74) is 0.669. The molecule has 0 aliphatic carbocycles. The van der Waals surface area contributed by atoms with Gasteiger partial charge in [-0.05, 0) is 17.1 Å². The number of nitrogens with zero attached hydrogens (tertiary/aromatic N) is 1. The van der Waals surface area contributed by atoms with Crippen LogP contribution in [0.25, 0.3) is 0 Å². The summed E-state index contributed by atoms with van der Waals surface area (Å²) in [6.07, 6.45) is -0.316. The van der Waals surface area contributed by atoms with Crippen LogP contribution < -0.4 is 5.46 Å². The number of carboxylic acids is 1. The second kappa shape index (κ2) is 4.60.